The molecule has 0 saturated carbocycles. The van der Waals surface area contributed by atoms with Crippen LogP contribution in [-0.2, 0) is 0 Å². The van der Waals surface area contributed by atoms with E-state index in [-0.39, 0.29) is 5.56 Å². The summed E-state index contributed by atoms with van der Waals surface area (Å²) in [7, 11) is 0. The number of nitriles is 3. The van der Waals surface area contributed by atoms with Gasteiger partial charge in [-0.05, 0) is 45.7 Å². The molecule has 0 saturated heterocycles. The Balaban J connectivity index is 1.49. The van der Waals surface area contributed by atoms with Crippen LogP contribution in [0.15, 0.2) is 83.5 Å². The lowest BCUT2D eigenvalue weighted by Crippen LogP contribution is -2.03. The first-order valence-electron chi connectivity index (χ1n) is 13.0. The molecule has 0 amide bonds. The van der Waals surface area contributed by atoms with E-state index in [2.05, 4.69) is 16.4 Å². The molecule has 0 aliphatic rings. The fourth-order valence-electron chi connectivity index (χ4n) is 5.44. The summed E-state index contributed by atoms with van der Waals surface area (Å²) in [6.07, 6.45) is 0. The molecule has 5 aromatic carbocycles. The van der Waals surface area contributed by atoms with Gasteiger partial charge in [0.2, 0.25) is 0 Å². The molecule has 0 aliphatic heterocycles. The predicted molar refractivity (Wildman–Crippen MR) is 155 cm³/mol. The van der Waals surface area contributed by atoms with E-state index in [1.165, 1.54) is 24.3 Å². The van der Waals surface area contributed by atoms with Gasteiger partial charge in [-0.2, -0.15) is 15.8 Å². The van der Waals surface area contributed by atoms with Crippen LogP contribution < -0.4 is 0 Å². The molecular weight excluding hydrogens is 565 g/mol. The Hall–Kier alpha value is -6.57. The van der Waals surface area contributed by atoms with Gasteiger partial charge in [0.25, 0.3) is 0 Å². The first-order chi connectivity index (χ1) is 21.4. The molecule has 0 radical (unpaired) electrons. The second-order valence-electron chi connectivity index (χ2n) is 9.84. The van der Waals surface area contributed by atoms with E-state index < -0.39 is 34.1 Å². The molecule has 2 aromatic heterocycles. The van der Waals surface area contributed by atoms with Gasteiger partial charge in [0, 0.05) is 27.3 Å². The van der Waals surface area contributed by atoms with Crippen molar-refractivity contribution in [3.63, 3.8) is 0 Å². The van der Waals surface area contributed by atoms with E-state index in [1.807, 2.05) is 30.3 Å². The topological polar surface area (TPSA) is 123 Å². The lowest BCUT2D eigenvalue weighted by Gasteiger charge is -2.14. The van der Waals surface area contributed by atoms with Gasteiger partial charge in [-0.1, -0.05) is 54.6 Å². The summed E-state index contributed by atoms with van der Waals surface area (Å²) in [4.78, 5) is 4.93. The summed E-state index contributed by atoms with van der Waals surface area (Å²) >= 11 is 0. The molecule has 7 rings (SSSR count). The zero-order valence-electron chi connectivity index (χ0n) is 22.2. The molecule has 2 heterocycles. The first kappa shape index (κ1) is 26.3. The van der Waals surface area contributed by atoms with Crippen molar-refractivity contribution in [3.05, 3.63) is 113 Å². The van der Waals surface area contributed by atoms with E-state index in [4.69, 9.17) is 9.61 Å². The van der Waals surface area contributed by atoms with Gasteiger partial charge in [0.15, 0.2) is 17.5 Å². The summed E-state index contributed by atoms with van der Waals surface area (Å²) in [5.74, 6) is -4.32. The second kappa shape index (κ2) is 10.1. The smallest absolute Gasteiger partial charge is 0.164 e. The third-order valence-corrected chi connectivity index (χ3v) is 7.51. The fraction of sp³-hybridized carbons (Fsp3) is 0. The third kappa shape index (κ3) is 3.85. The highest BCUT2D eigenvalue weighted by Gasteiger charge is 2.26. The van der Waals surface area contributed by atoms with Crippen molar-refractivity contribution in [1.82, 2.24) is 15.3 Å². The standard InChI is InChI=1S/C34H13F3N6O/c35-29-24(15-39)30(36)27(31(37)25(29)16-40)19-9-11-20(12-10-19)32-23-13-22(18-7-5-17(14-38)6-8-18)33-34(43-44-42-33)28(23)21-3-1-2-4-26(21)41-32/h1-13H. The van der Waals surface area contributed by atoms with Crippen molar-refractivity contribution in [1.29, 1.82) is 15.8 Å². The van der Waals surface area contributed by atoms with Gasteiger partial charge in [-0.25, -0.2) is 22.8 Å². The van der Waals surface area contributed by atoms with Crippen LogP contribution in [0.5, 0.6) is 0 Å². The van der Waals surface area contributed by atoms with Gasteiger partial charge < -0.3 is 0 Å². The maximum absolute atomic E-state index is 15.1. The van der Waals surface area contributed by atoms with Crippen LogP contribution in [0.1, 0.15) is 16.7 Å². The average molecular weight is 579 g/mol. The lowest BCUT2D eigenvalue weighted by molar-refractivity contribution is 0.316. The molecule has 0 fully saturated rings. The van der Waals surface area contributed by atoms with E-state index >= 15 is 8.78 Å². The predicted octanol–water partition coefficient (Wildman–Crippen LogP) is 7.96. The normalized spacial score (nSPS) is 11.0. The minimum atomic E-state index is -1.54. The molecule has 0 aliphatic carbocycles. The Morgan fingerprint density at radius 3 is 1.89 bits per heavy atom. The monoisotopic (exact) mass is 578 g/mol. The summed E-state index contributed by atoms with van der Waals surface area (Å²) in [5.41, 5.74) is 1.99. The third-order valence-electron chi connectivity index (χ3n) is 7.51. The second-order valence-corrected chi connectivity index (χ2v) is 9.84. The van der Waals surface area contributed by atoms with Crippen LogP contribution in [0, 0.1) is 51.4 Å². The maximum Gasteiger partial charge on any atom is 0.164 e. The van der Waals surface area contributed by atoms with E-state index in [9.17, 15) is 20.2 Å². The van der Waals surface area contributed by atoms with Gasteiger partial charge >= 0.3 is 0 Å². The van der Waals surface area contributed by atoms with Crippen molar-refractivity contribution in [2.75, 3.05) is 0 Å². The Labute approximate surface area is 246 Å². The SMILES string of the molecule is N#Cc1ccc(-c2cc3c(-c4ccc(-c5c(F)c(C#N)c(F)c(C#N)c5F)cc4)nc4ccccc4c3c3nonc23)cc1. The average Bonchev–Trinajstić information content (AvgIpc) is 3.55. The molecule has 10 heteroatoms. The molecular formula is C34H13F3N6O. The lowest BCUT2D eigenvalue weighted by atomic mass is 9.92. The molecule has 0 spiro atoms. The van der Waals surface area contributed by atoms with Crippen LogP contribution >= 0.6 is 0 Å². The minimum Gasteiger partial charge on any atom is -0.247 e. The van der Waals surface area contributed by atoms with Gasteiger partial charge in [0.05, 0.1) is 28.4 Å². The summed E-state index contributed by atoms with van der Waals surface area (Å²) in [6, 6.07) is 27.2. The summed E-state index contributed by atoms with van der Waals surface area (Å²) in [6.45, 7) is 0. The van der Waals surface area contributed by atoms with Gasteiger partial charge in [-0.15, -0.1) is 0 Å². The number of aromatic nitrogens is 3. The van der Waals surface area contributed by atoms with E-state index in [1.54, 1.807) is 36.4 Å². The minimum absolute atomic E-state index is 0.00297. The molecule has 0 atom stereocenters. The molecule has 44 heavy (non-hydrogen) atoms. The van der Waals surface area contributed by atoms with Crippen LogP contribution in [0.2, 0.25) is 0 Å². The Morgan fingerprint density at radius 1 is 0.614 bits per heavy atom. The number of hydrogen-bond donors (Lipinski definition) is 0. The zero-order valence-corrected chi connectivity index (χ0v) is 22.2. The van der Waals surface area contributed by atoms with Crippen LogP contribution in [-0.4, -0.2) is 15.3 Å². The summed E-state index contributed by atoms with van der Waals surface area (Å²) < 4.78 is 49.8. The molecule has 7 nitrogen and oxygen atoms in total. The summed E-state index contributed by atoms with van der Waals surface area (Å²) in [5, 5.41) is 38.4. The van der Waals surface area contributed by atoms with Crippen molar-refractivity contribution in [3.8, 4) is 51.7 Å². The number of pyridine rings is 1. The quantitative estimate of drug-likeness (QED) is 0.195. The van der Waals surface area contributed by atoms with Gasteiger partial charge in [-0.3, -0.25) is 0 Å². The number of nitrogens with zero attached hydrogens (tertiary/aromatic N) is 6. The molecule has 206 valence electrons. The van der Waals surface area contributed by atoms with Crippen molar-refractivity contribution in [2.45, 2.75) is 0 Å². The number of benzene rings is 5. The zero-order chi connectivity index (χ0) is 30.5. The van der Waals surface area contributed by atoms with Crippen molar-refractivity contribution >= 4 is 32.7 Å². The highest BCUT2D eigenvalue weighted by molar-refractivity contribution is 6.23. The number of fused-ring (bicyclic) bond motifs is 5. The molecule has 0 bridgehead atoms. The highest BCUT2D eigenvalue weighted by atomic mass is 19.1. The molecule has 7 aromatic rings. The Morgan fingerprint density at radius 2 is 1.23 bits per heavy atom. The highest BCUT2D eigenvalue weighted by Crippen LogP contribution is 2.41. The van der Waals surface area contributed by atoms with Crippen LogP contribution in [0.4, 0.5) is 13.2 Å². The molecule has 0 N–H and O–H groups in total. The molecule has 0 unspecified atom stereocenters. The largest absolute Gasteiger partial charge is 0.247 e. The van der Waals surface area contributed by atoms with Gasteiger partial charge in [0.1, 0.15) is 34.3 Å². The number of hydrogen-bond acceptors (Lipinski definition) is 7. The van der Waals surface area contributed by atoms with Crippen molar-refractivity contribution in [2.24, 2.45) is 0 Å². The van der Waals surface area contributed by atoms with E-state index in [0.717, 1.165) is 16.3 Å². The Bertz CT molecular complexity index is 2410. The number of para-hydroxylation sites is 1. The van der Waals surface area contributed by atoms with Crippen LogP contribution in [0.25, 0.3) is 66.2 Å². The van der Waals surface area contributed by atoms with E-state index in [0.29, 0.717) is 44.3 Å². The Kier molecular flexibility index (Phi) is 6.02. The fourth-order valence-corrected chi connectivity index (χ4v) is 5.44. The maximum atomic E-state index is 15.1. The van der Waals surface area contributed by atoms with Crippen molar-refractivity contribution < 1.29 is 17.8 Å². The number of halogens is 3. The number of rotatable bonds is 3. The first-order valence-corrected chi connectivity index (χ1v) is 13.0. The van der Waals surface area contributed by atoms with Crippen LogP contribution in [0.3, 0.4) is 0 Å².